The lowest BCUT2D eigenvalue weighted by Crippen LogP contribution is -2.40. The highest BCUT2D eigenvalue weighted by Gasteiger charge is 2.49. The van der Waals surface area contributed by atoms with Crippen LogP contribution >= 0.6 is 0 Å². The maximum Gasteiger partial charge on any atom is 0.300 e. The molecule has 37 heavy (non-hydrogen) atoms. The minimum Gasteiger partial charge on any atom is -0.384 e. The molecule has 2 heterocycles. The predicted octanol–water partition coefficient (Wildman–Crippen LogP) is 5.51. The molecule has 0 fully saturated rings. The van der Waals surface area contributed by atoms with Crippen LogP contribution in [0.15, 0.2) is 30.3 Å². The zero-order valence-corrected chi connectivity index (χ0v) is 22.5. The third-order valence-corrected chi connectivity index (χ3v) is 7.57. The second-order valence-corrected chi connectivity index (χ2v) is 10.4. The summed E-state index contributed by atoms with van der Waals surface area (Å²) in [5.74, 6) is -3.10. The molecule has 0 bridgehead atoms. The van der Waals surface area contributed by atoms with Gasteiger partial charge in [0.1, 0.15) is 5.60 Å². The number of amides is 1. The van der Waals surface area contributed by atoms with Gasteiger partial charge >= 0.3 is 5.92 Å². The van der Waals surface area contributed by atoms with E-state index in [9.17, 15) is 9.90 Å². The molecule has 0 saturated heterocycles. The number of rotatable bonds is 7. The average Bonchev–Trinajstić information content (AvgIpc) is 3.05. The Morgan fingerprint density at radius 3 is 2.46 bits per heavy atom. The SMILES string of the molecule is CCN1C(=O)C(C)(OC)c2cc3c(C)nnc(N[C@H](C)c4cccc(C(F)(F)C(C)(C)O)c4C)c3cc21. The second-order valence-electron chi connectivity index (χ2n) is 10.4. The number of halogens is 2. The van der Waals surface area contributed by atoms with Crippen LogP contribution < -0.4 is 10.2 Å². The molecule has 2 N–H and O–H groups in total. The van der Waals surface area contributed by atoms with Gasteiger partial charge in [-0.3, -0.25) is 4.79 Å². The van der Waals surface area contributed by atoms with Gasteiger partial charge in [-0.15, -0.1) is 5.10 Å². The Balaban J connectivity index is 1.81. The summed E-state index contributed by atoms with van der Waals surface area (Å²) in [6, 6.07) is 8.13. The van der Waals surface area contributed by atoms with Crippen LogP contribution in [0.4, 0.5) is 20.3 Å². The smallest absolute Gasteiger partial charge is 0.300 e. The third-order valence-electron chi connectivity index (χ3n) is 7.57. The number of nitrogens with one attached hydrogen (secondary N) is 1. The van der Waals surface area contributed by atoms with Crippen molar-refractivity contribution in [3.63, 3.8) is 0 Å². The topological polar surface area (TPSA) is 87.6 Å². The molecule has 2 aromatic carbocycles. The fourth-order valence-corrected chi connectivity index (χ4v) is 5.10. The molecule has 0 aliphatic carbocycles. The van der Waals surface area contributed by atoms with Gasteiger partial charge in [-0.05, 0) is 71.7 Å². The Hall–Kier alpha value is -3.17. The fraction of sp³-hybridized carbons (Fsp3) is 0.464. The van der Waals surface area contributed by atoms with Crippen LogP contribution in [0.1, 0.15) is 68.6 Å². The normalized spacial score (nSPS) is 18.9. The first-order chi connectivity index (χ1) is 17.2. The second kappa shape index (κ2) is 8.99. The number of anilines is 2. The van der Waals surface area contributed by atoms with Crippen LogP contribution in [0.5, 0.6) is 0 Å². The zero-order chi connectivity index (χ0) is 27.5. The van der Waals surface area contributed by atoms with Crippen molar-refractivity contribution >= 4 is 28.2 Å². The molecule has 1 aliphatic rings. The summed E-state index contributed by atoms with van der Waals surface area (Å²) in [6.07, 6.45) is 0. The van der Waals surface area contributed by atoms with E-state index in [1.807, 2.05) is 32.9 Å². The van der Waals surface area contributed by atoms with Crippen molar-refractivity contribution < 1.29 is 23.4 Å². The van der Waals surface area contributed by atoms with E-state index < -0.39 is 23.2 Å². The number of aryl methyl sites for hydroxylation is 1. The first-order valence-corrected chi connectivity index (χ1v) is 12.3. The van der Waals surface area contributed by atoms with E-state index in [4.69, 9.17) is 4.74 Å². The quantitative estimate of drug-likeness (QED) is 0.434. The van der Waals surface area contributed by atoms with Gasteiger partial charge in [0.25, 0.3) is 5.91 Å². The zero-order valence-electron chi connectivity index (χ0n) is 22.5. The van der Waals surface area contributed by atoms with E-state index in [2.05, 4.69) is 15.5 Å². The molecule has 1 amide bonds. The number of alkyl halides is 2. The number of carbonyl (C=O) groups is 1. The van der Waals surface area contributed by atoms with Crippen LogP contribution in [-0.4, -0.2) is 40.5 Å². The highest BCUT2D eigenvalue weighted by atomic mass is 19.3. The lowest BCUT2D eigenvalue weighted by Gasteiger charge is -2.31. The Kier molecular flexibility index (Phi) is 6.53. The molecular formula is C28H34F2N4O3. The lowest BCUT2D eigenvalue weighted by atomic mass is 9.87. The van der Waals surface area contributed by atoms with E-state index in [-0.39, 0.29) is 11.5 Å². The molecule has 0 radical (unpaired) electrons. The summed E-state index contributed by atoms with van der Waals surface area (Å²) in [5, 5.41) is 23.7. The number of methoxy groups -OCH3 is 1. The van der Waals surface area contributed by atoms with Gasteiger partial charge in [-0.1, -0.05) is 18.2 Å². The minimum atomic E-state index is -3.44. The molecule has 4 rings (SSSR count). The highest BCUT2D eigenvalue weighted by molar-refractivity contribution is 6.10. The third kappa shape index (κ3) is 4.05. The van der Waals surface area contributed by atoms with Crippen LogP contribution in [0.3, 0.4) is 0 Å². The number of ether oxygens (including phenoxy) is 1. The molecule has 7 nitrogen and oxygen atoms in total. The molecule has 1 aromatic heterocycles. The Labute approximate surface area is 215 Å². The largest absolute Gasteiger partial charge is 0.384 e. The number of fused-ring (bicyclic) bond motifs is 2. The van der Waals surface area contributed by atoms with Crippen LogP contribution in [-0.2, 0) is 21.1 Å². The van der Waals surface area contributed by atoms with E-state index in [1.54, 1.807) is 30.9 Å². The van der Waals surface area contributed by atoms with Crippen molar-refractivity contribution in [2.24, 2.45) is 0 Å². The average molecular weight is 513 g/mol. The summed E-state index contributed by atoms with van der Waals surface area (Å²) in [6.45, 7) is 11.7. The monoisotopic (exact) mass is 512 g/mol. The number of hydrogen-bond donors (Lipinski definition) is 2. The molecule has 1 unspecified atom stereocenters. The van der Waals surface area contributed by atoms with Gasteiger partial charge in [-0.2, -0.15) is 13.9 Å². The van der Waals surface area contributed by atoms with Gasteiger partial charge in [0.05, 0.1) is 17.4 Å². The summed E-state index contributed by atoms with van der Waals surface area (Å²) >= 11 is 0. The van der Waals surface area contributed by atoms with Gasteiger partial charge in [-0.25, -0.2) is 0 Å². The number of hydrogen-bond acceptors (Lipinski definition) is 6. The number of benzene rings is 2. The van der Waals surface area contributed by atoms with Gasteiger partial charge in [0, 0.05) is 35.6 Å². The first-order valence-electron chi connectivity index (χ1n) is 12.3. The Bertz CT molecular complexity index is 1390. The van der Waals surface area contributed by atoms with Gasteiger partial charge in [0.2, 0.25) is 0 Å². The maximum absolute atomic E-state index is 15.0. The van der Waals surface area contributed by atoms with Crippen molar-refractivity contribution in [2.45, 2.75) is 71.6 Å². The molecular weight excluding hydrogens is 478 g/mol. The van der Waals surface area contributed by atoms with Crippen molar-refractivity contribution in [3.05, 3.63) is 58.3 Å². The number of nitrogens with zero attached hydrogens (tertiary/aromatic N) is 3. The predicted molar refractivity (Wildman–Crippen MR) is 140 cm³/mol. The highest BCUT2D eigenvalue weighted by Crippen LogP contribution is 2.46. The molecule has 0 spiro atoms. The van der Waals surface area contributed by atoms with E-state index in [1.165, 1.54) is 13.2 Å². The maximum atomic E-state index is 15.0. The summed E-state index contributed by atoms with van der Waals surface area (Å²) in [5.41, 5.74) is -0.295. The van der Waals surface area contributed by atoms with E-state index >= 15 is 8.78 Å². The standard InChI is InChI=1S/C28H34F2N4O3/c1-9-34-23-14-20-19(13-22(23)27(7,37-8)25(34)35)17(4)32-33-24(20)31-16(3)18-11-10-12-21(15(18)2)28(29,30)26(5,6)36/h10-14,16,36H,9H2,1-8H3,(H,31,33)/t16-,27?/m1/s1. The number of likely N-dealkylation sites (N-methyl/N-ethyl adjacent to an activating group) is 1. The summed E-state index contributed by atoms with van der Waals surface area (Å²) in [7, 11) is 1.52. The fourth-order valence-electron chi connectivity index (χ4n) is 5.10. The van der Waals surface area contributed by atoms with Crippen molar-refractivity contribution in [1.29, 1.82) is 0 Å². The first kappa shape index (κ1) is 26.9. The molecule has 3 aromatic rings. The number of aromatic nitrogens is 2. The molecule has 2 atom stereocenters. The number of aliphatic hydroxyl groups is 1. The molecule has 0 saturated carbocycles. The lowest BCUT2D eigenvalue weighted by molar-refractivity contribution is -0.168. The molecule has 198 valence electrons. The van der Waals surface area contributed by atoms with Crippen LogP contribution in [0, 0.1) is 13.8 Å². The van der Waals surface area contributed by atoms with Crippen molar-refractivity contribution in [3.8, 4) is 0 Å². The minimum absolute atomic E-state index is 0.135. The number of carbonyl (C=O) groups excluding carboxylic acids is 1. The van der Waals surface area contributed by atoms with E-state index in [0.29, 0.717) is 29.2 Å². The summed E-state index contributed by atoms with van der Waals surface area (Å²) in [4.78, 5) is 14.8. The Morgan fingerprint density at radius 2 is 1.86 bits per heavy atom. The van der Waals surface area contributed by atoms with Crippen molar-refractivity contribution in [1.82, 2.24) is 10.2 Å². The van der Waals surface area contributed by atoms with Crippen LogP contribution in [0.25, 0.3) is 10.8 Å². The van der Waals surface area contributed by atoms with Crippen molar-refractivity contribution in [2.75, 3.05) is 23.9 Å². The Morgan fingerprint density at radius 1 is 1.19 bits per heavy atom. The van der Waals surface area contributed by atoms with Crippen LogP contribution in [0.2, 0.25) is 0 Å². The van der Waals surface area contributed by atoms with E-state index in [0.717, 1.165) is 35.9 Å². The molecule has 9 heteroatoms. The van der Waals surface area contributed by atoms with Gasteiger partial charge < -0.3 is 20.1 Å². The molecule has 1 aliphatic heterocycles. The summed E-state index contributed by atoms with van der Waals surface area (Å²) < 4.78 is 35.7. The van der Waals surface area contributed by atoms with Gasteiger partial charge in [0.15, 0.2) is 11.4 Å².